The van der Waals surface area contributed by atoms with E-state index in [1.807, 2.05) is 0 Å². The Morgan fingerprint density at radius 3 is 2.83 bits per heavy atom. The Morgan fingerprint density at radius 2 is 2.17 bits per heavy atom. The molecule has 0 radical (unpaired) electrons. The molecule has 2 N–H and O–H groups in total. The number of aromatic carboxylic acids is 1. The molecule has 0 fully saturated rings. The molecule has 0 saturated heterocycles. The summed E-state index contributed by atoms with van der Waals surface area (Å²) in [6.45, 7) is 0. The third-order valence-corrected chi connectivity index (χ3v) is 2.34. The summed E-state index contributed by atoms with van der Waals surface area (Å²) in [5.41, 5.74) is 0.324. The lowest BCUT2D eigenvalue weighted by Crippen LogP contribution is -2.04. The lowest BCUT2D eigenvalue weighted by atomic mass is 10.3. The standard InChI is InChI=1S/C11H7ClFN3O2/c12-7-5-6(1-2-8(7)13)15-11-14-4-3-9(16-11)10(17)18/h1-5H,(H,17,18)(H,14,15,16). The molecule has 5 nitrogen and oxygen atoms in total. The number of carbonyl (C=O) groups is 1. The number of rotatable bonds is 3. The van der Waals surface area contributed by atoms with Crippen LogP contribution in [0.5, 0.6) is 0 Å². The number of nitrogens with one attached hydrogen (secondary N) is 1. The van der Waals surface area contributed by atoms with E-state index in [2.05, 4.69) is 15.3 Å². The highest BCUT2D eigenvalue weighted by atomic mass is 35.5. The number of carboxylic acid groups (broad SMARTS) is 1. The van der Waals surface area contributed by atoms with Crippen LogP contribution in [0.15, 0.2) is 30.5 Å². The van der Waals surface area contributed by atoms with Gasteiger partial charge in [-0.3, -0.25) is 0 Å². The minimum absolute atomic E-state index is 0.0469. The van der Waals surface area contributed by atoms with Gasteiger partial charge in [0.05, 0.1) is 5.02 Å². The summed E-state index contributed by atoms with van der Waals surface area (Å²) in [5.74, 6) is -1.60. The van der Waals surface area contributed by atoms with E-state index in [-0.39, 0.29) is 16.7 Å². The van der Waals surface area contributed by atoms with E-state index in [4.69, 9.17) is 16.7 Å². The van der Waals surface area contributed by atoms with Crippen LogP contribution in [0.1, 0.15) is 10.5 Å². The normalized spacial score (nSPS) is 10.1. The van der Waals surface area contributed by atoms with Gasteiger partial charge in [-0.2, -0.15) is 0 Å². The third-order valence-electron chi connectivity index (χ3n) is 2.05. The van der Waals surface area contributed by atoms with Crippen LogP contribution < -0.4 is 5.32 Å². The first-order chi connectivity index (χ1) is 8.56. The van der Waals surface area contributed by atoms with Crippen LogP contribution in [-0.2, 0) is 0 Å². The molecule has 1 aromatic carbocycles. The zero-order valence-corrected chi connectivity index (χ0v) is 9.65. The Bertz CT molecular complexity index is 607. The van der Waals surface area contributed by atoms with Crippen LogP contribution in [0, 0.1) is 5.82 Å². The molecule has 0 spiro atoms. The molecule has 0 aliphatic carbocycles. The largest absolute Gasteiger partial charge is 0.477 e. The highest BCUT2D eigenvalue weighted by Gasteiger charge is 2.07. The smallest absolute Gasteiger partial charge is 0.354 e. The van der Waals surface area contributed by atoms with Gasteiger partial charge in [0.15, 0.2) is 5.69 Å². The first-order valence-corrected chi connectivity index (χ1v) is 5.22. The predicted molar refractivity (Wildman–Crippen MR) is 63.7 cm³/mol. The molecule has 92 valence electrons. The molecule has 2 aromatic rings. The number of anilines is 2. The van der Waals surface area contributed by atoms with E-state index in [9.17, 15) is 9.18 Å². The average molecular weight is 268 g/mol. The fourth-order valence-corrected chi connectivity index (χ4v) is 1.42. The second kappa shape index (κ2) is 4.97. The Hall–Kier alpha value is -2.21. The first-order valence-electron chi connectivity index (χ1n) is 4.84. The van der Waals surface area contributed by atoms with E-state index < -0.39 is 11.8 Å². The third kappa shape index (κ3) is 2.72. The minimum Gasteiger partial charge on any atom is -0.477 e. The van der Waals surface area contributed by atoms with Crippen molar-refractivity contribution in [3.63, 3.8) is 0 Å². The number of carboxylic acids is 1. The number of nitrogens with zero attached hydrogens (tertiary/aromatic N) is 2. The van der Waals surface area contributed by atoms with Crippen LogP contribution in [-0.4, -0.2) is 21.0 Å². The number of hydrogen-bond acceptors (Lipinski definition) is 4. The summed E-state index contributed by atoms with van der Waals surface area (Å²) in [7, 11) is 0. The number of aromatic nitrogens is 2. The van der Waals surface area contributed by atoms with Crippen LogP contribution in [0.4, 0.5) is 16.0 Å². The topological polar surface area (TPSA) is 75.1 Å². The van der Waals surface area contributed by atoms with Gasteiger partial charge in [0, 0.05) is 11.9 Å². The van der Waals surface area contributed by atoms with Crippen molar-refractivity contribution in [1.29, 1.82) is 0 Å². The zero-order valence-electron chi connectivity index (χ0n) is 8.89. The van der Waals surface area contributed by atoms with Crippen LogP contribution in [0.3, 0.4) is 0 Å². The fourth-order valence-electron chi connectivity index (χ4n) is 1.24. The van der Waals surface area contributed by atoms with Crippen molar-refractivity contribution in [3.05, 3.63) is 47.0 Å². The summed E-state index contributed by atoms with van der Waals surface area (Å²) < 4.78 is 12.9. The van der Waals surface area contributed by atoms with Gasteiger partial charge in [0.1, 0.15) is 5.82 Å². The van der Waals surface area contributed by atoms with E-state index in [0.29, 0.717) is 5.69 Å². The summed E-state index contributed by atoms with van der Waals surface area (Å²) in [5, 5.41) is 11.5. The molecule has 2 rings (SSSR count). The van der Waals surface area contributed by atoms with Gasteiger partial charge in [0.25, 0.3) is 0 Å². The summed E-state index contributed by atoms with van der Waals surface area (Å²) in [6, 6.07) is 5.25. The maximum atomic E-state index is 12.9. The highest BCUT2D eigenvalue weighted by molar-refractivity contribution is 6.31. The monoisotopic (exact) mass is 267 g/mol. The van der Waals surface area contributed by atoms with Gasteiger partial charge in [-0.1, -0.05) is 11.6 Å². The molecule has 0 bridgehead atoms. The molecule has 0 atom stereocenters. The van der Waals surface area contributed by atoms with Crippen molar-refractivity contribution in [2.24, 2.45) is 0 Å². The highest BCUT2D eigenvalue weighted by Crippen LogP contribution is 2.21. The number of benzene rings is 1. The molecule has 0 saturated carbocycles. The molecule has 7 heteroatoms. The fraction of sp³-hybridized carbons (Fsp3) is 0. The van der Waals surface area contributed by atoms with Gasteiger partial charge >= 0.3 is 5.97 Å². The average Bonchev–Trinajstić information content (AvgIpc) is 2.34. The van der Waals surface area contributed by atoms with Crippen LogP contribution >= 0.6 is 11.6 Å². The first kappa shape index (κ1) is 12.3. The maximum absolute atomic E-state index is 12.9. The Kier molecular flexibility index (Phi) is 3.38. The molecule has 1 heterocycles. The molecule has 0 unspecified atom stereocenters. The lowest BCUT2D eigenvalue weighted by Gasteiger charge is -2.05. The van der Waals surface area contributed by atoms with Gasteiger partial charge in [-0.25, -0.2) is 19.2 Å². The minimum atomic E-state index is -1.16. The molecule has 0 aliphatic heterocycles. The van der Waals surface area contributed by atoms with E-state index in [0.717, 1.165) is 0 Å². The van der Waals surface area contributed by atoms with Gasteiger partial charge in [0.2, 0.25) is 5.95 Å². The molecule has 0 aliphatic rings. The van der Waals surface area contributed by atoms with Gasteiger partial charge in [-0.15, -0.1) is 0 Å². The zero-order chi connectivity index (χ0) is 13.1. The summed E-state index contributed by atoms with van der Waals surface area (Å²) in [6.07, 6.45) is 1.31. The maximum Gasteiger partial charge on any atom is 0.354 e. The number of hydrogen-bond donors (Lipinski definition) is 2. The Labute approximate surface area is 106 Å². The van der Waals surface area contributed by atoms with Crippen molar-refractivity contribution in [1.82, 2.24) is 9.97 Å². The molecule has 0 amide bonds. The lowest BCUT2D eigenvalue weighted by molar-refractivity contribution is 0.0690. The predicted octanol–water partition coefficient (Wildman–Crippen LogP) is 2.71. The van der Waals surface area contributed by atoms with Crippen molar-refractivity contribution in [2.75, 3.05) is 5.32 Å². The molecule has 18 heavy (non-hydrogen) atoms. The quantitative estimate of drug-likeness (QED) is 0.894. The molecular formula is C11H7ClFN3O2. The summed E-state index contributed by atoms with van der Waals surface area (Å²) >= 11 is 5.61. The SMILES string of the molecule is O=C(O)c1ccnc(Nc2ccc(F)c(Cl)c2)n1. The van der Waals surface area contributed by atoms with Gasteiger partial charge < -0.3 is 10.4 Å². The second-order valence-electron chi connectivity index (χ2n) is 3.32. The van der Waals surface area contributed by atoms with E-state index in [1.165, 1.54) is 30.5 Å². The Balaban J connectivity index is 2.25. The van der Waals surface area contributed by atoms with Gasteiger partial charge in [-0.05, 0) is 24.3 Å². The van der Waals surface area contributed by atoms with Crippen molar-refractivity contribution in [2.45, 2.75) is 0 Å². The van der Waals surface area contributed by atoms with Crippen molar-refractivity contribution in [3.8, 4) is 0 Å². The Morgan fingerprint density at radius 1 is 1.39 bits per heavy atom. The molecule has 1 aromatic heterocycles. The summed E-state index contributed by atoms with van der Waals surface area (Å²) in [4.78, 5) is 18.3. The second-order valence-corrected chi connectivity index (χ2v) is 3.73. The van der Waals surface area contributed by atoms with E-state index in [1.54, 1.807) is 0 Å². The van der Waals surface area contributed by atoms with Crippen LogP contribution in [0.2, 0.25) is 5.02 Å². The van der Waals surface area contributed by atoms with Crippen LogP contribution in [0.25, 0.3) is 0 Å². The van der Waals surface area contributed by atoms with Crippen molar-refractivity contribution >= 4 is 29.2 Å². The molecular weight excluding hydrogens is 261 g/mol. The number of halogens is 2. The van der Waals surface area contributed by atoms with E-state index >= 15 is 0 Å². The van der Waals surface area contributed by atoms with Crippen molar-refractivity contribution < 1.29 is 14.3 Å².